The quantitative estimate of drug-likeness (QED) is 0.935. The molecule has 23 heavy (non-hydrogen) atoms. The van der Waals surface area contributed by atoms with E-state index in [9.17, 15) is 4.39 Å². The fraction of sp³-hybridized carbons (Fsp3) is 0.471. The van der Waals surface area contributed by atoms with Crippen molar-refractivity contribution in [2.24, 2.45) is 0 Å². The molecule has 2 aliphatic rings. The van der Waals surface area contributed by atoms with E-state index in [0.29, 0.717) is 17.8 Å². The third-order valence-corrected chi connectivity index (χ3v) is 4.97. The number of halogens is 2. The van der Waals surface area contributed by atoms with Crippen molar-refractivity contribution in [1.29, 1.82) is 0 Å². The molecule has 2 aliphatic heterocycles. The van der Waals surface area contributed by atoms with Crippen molar-refractivity contribution in [3.8, 4) is 5.69 Å². The summed E-state index contributed by atoms with van der Waals surface area (Å²) in [5.41, 5.74) is 1.61. The lowest BCUT2D eigenvalue weighted by molar-refractivity contribution is 0.193. The van der Waals surface area contributed by atoms with Gasteiger partial charge >= 0.3 is 0 Å². The summed E-state index contributed by atoms with van der Waals surface area (Å²) in [6, 6.07) is 6.81. The van der Waals surface area contributed by atoms with Crippen LogP contribution in [0.15, 0.2) is 36.9 Å². The summed E-state index contributed by atoms with van der Waals surface area (Å²) < 4.78 is 16.1. The molecule has 1 aromatic heterocycles. The Bertz CT molecular complexity index is 632. The number of benzene rings is 1. The van der Waals surface area contributed by atoms with E-state index in [-0.39, 0.29) is 18.2 Å². The van der Waals surface area contributed by atoms with Crippen LogP contribution in [0.3, 0.4) is 0 Å². The van der Waals surface area contributed by atoms with Gasteiger partial charge in [-0.15, -0.1) is 12.4 Å². The predicted octanol–water partition coefficient (Wildman–Crippen LogP) is 2.76. The molecule has 2 aromatic rings. The highest BCUT2D eigenvalue weighted by Crippen LogP contribution is 2.30. The number of hydrogen-bond acceptors (Lipinski definition) is 3. The van der Waals surface area contributed by atoms with Gasteiger partial charge in [-0.25, -0.2) is 9.37 Å². The minimum Gasteiger partial charge on any atom is -0.315 e. The minimum absolute atomic E-state index is 0. The molecule has 2 saturated heterocycles. The molecule has 0 aliphatic carbocycles. The lowest BCUT2D eigenvalue weighted by Crippen LogP contribution is -2.37. The van der Waals surface area contributed by atoms with Crippen LogP contribution >= 0.6 is 12.4 Å². The molecule has 4 nitrogen and oxygen atoms in total. The first-order valence-corrected chi connectivity index (χ1v) is 8.04. The third kappa shape index (κ3) is 3.27. The van der Waals surface area contributed by atoms with Gasteiger partial charge in [-0.05, 0) is 43.5 Å². The van der Waals surface area contributed by atoms with Crippen LogP contribution in [-0.2, 0) is 6.54 Å². The Morgan fingerprint density at radius 2 is 2.09 bits per heavy atom. The molecule has 0 amide bonds. The topological polar surface area (TPSA) is 33.1 Å². The van der Waals surface area contributed by atoms with E-state index in [4.69, 9.17) is 0 Å². The van der Waals surface area contributed by atoms with Gasteiger partial charge in [0.15, 0.2) is 0 Å². The molecule has 0 saturated carbocycles. The van der Waals surface area contributed by atoms with E-state index < -0.39 is 0 Å². The molecule has 1 aromatic carbocycles. The highest BCUT2D eigenvalue weighted by molar-refractivity contribution is 5.85. The number of hydrogen-bond donors (Lipinski definition) is 1. The van der Waals surface area contributed by atoms with E-state index in [0.717, 1.165) is 25.2 Å². The second-order valence-corrected chi connectivity index (χ2v) is 6.31. The minimum atomic E-state index is -0.184. The summed E-state index contributed by atoms with van der Waals surface area (Å²) >= 11 is 0. The van der Waals surface area contributed by atoms with Gasteiger partial charge < -0.3 is 9.88 Å². The second kappa shape index (κ2) is 6.99. The molecule has 2 fully saturated rings. The zero-order valence-corrected chi connectivity index (χ0v) is 13.8. The third-order valence-electron chi connectivity index (χ3n) is 4.97. The van der Waals surface area contributed by atoms with Crippen molar-refractivity contribution in [2.75, 3.05) is 13.1 Å². The molecule has 2 bridgehead atoms. The van der Waals surface area contributed by atoms with E-state index >= 15 is 0 Å². The van der Waals surface area contributed by atoms with Crippen molar-refractivity contribution in [2.45, 2.75) is 37.9 Å². The molecular formula is C17H22ClFN4. The fourth-order valence-corrected chi connectivity index (χ4v) is 3.81. The Morgan fingerprint density at radius 1 is 1.22 bits per heavy atom. The molecule has 3 heterocycles. The lowest BCUT2D eigenvalue weighted by atomic mass is 10.1. The Morgan fingerprint density at radius 3 is 2.87 bits per heavy atom. The molecule has 0 spiro atoms. The Labute approximate surface area is 142 Å². The molecule has 2 unspecified atom stereocenters. The number of fused-ring (bicyclic) bond motifs is 2. The molecule has 4 rings (SSSR count). The van der Waals surface area contributed by atoms with Crippen LogP contribution in [0.25, 0.3) is 5.69 Å². The number of aromatic nitrogens is 2. The maximum Gasteiger partial charge on any atom is 0.147 e. The first kappa shape index (κ1) is 16.4. The maximum atomic E-state index is 14.4. The summed E-state index contributed by atoms with van der Waals surface area (Å²) in [7, 11) is 0. The smallest absolute Gasteiger partial charge is 0.147 e. The van der Waals surface area contributed by atoms with Gasteiger partial charge in [0.05, 0.1) is 12.0 Å². The van der Waals surface area contributed by atoms with Crippen molar-refractivity contribution in [3.05, 3.63) is 48.3 Å². The van der Waals surface area contributed by atoms with Crippen molar-refractivity contribution in [1.82, 2.24) is 19.8 Å². The molecule has 6 heteroatoms. The van der Waals surface area contributed by atoms with E-state index in [2.05, 4.69) is 15.2 Å². The number of nitrogens with one attached hydrogen (secondary N) is 1. The molecule has 1 N–H and O–H groups in total. The monoisotopic (exact) mass is 336 g/mol. The van der Waals surface area contributed by atoms with Gasteiger partial charge in [-0.3, -0.25) is 4.90 Å². The van der Waals surface area contributed by atoms with Crippen molar-refractivity contribution < 1.29 is 4.39 Å². The largest absolute Gasteiger partial charge is 0.315 e. The van der Waals surface area contributed by atoms with Crippen LogP contribution in [0.1, 0.15) is 24.8 Å². The number of imidazole rings is 1. The standard InChI is InChI=1S/C17H21FN4.ClH/c18-16-9-13(1-4-17(16)21-8-7-20-12-21)11-22-14-2-3-15(22)10-19-6-5-14;/h1,4,7-9,12,14-15,19H,2-3,5-6,10-11H2;1H. The van der Waals surface area contributed by atoms with Gasteiger partial charge in [0.1, 0.15) is 5.82 Å². The molecular weight excluding hydrogens is 315 g/mol. The zero-order chi connectivity index (χ0) is 14.9. The van der Waals surface area contributed by atoms with Crippen LogP contribution in [0, 0.1) is 5.82 Å². The van der Waals surface area contributed by atoms with Crippen LogP contribution in [0.2, 0.25) is 0 Å². The molecule has 124 valence electrons. The molecule has 0 radical (unpaired) electrons. The Hall–Kier alpha value is -1.43. The van der Waals surface area contributed by atoms with E-state index in [1.54, 1.807) is 29.4 Å². The van der Waals surface area contributed by atoms with Crippen LogP contribution < -0.4 is 5.32 Å². The average Bonchev–Trinajstić information content (AvgIpc) is 3.08. The molecule has 2 atom stereocenters. The van der Waals surface area contributed by atoms with E-state index in [1.807, 2.05) is 12.1 Å². The summed E-state index contributed by atoms with van der Waals surface area (Å²) in [4.78, 5) is 6.54. The van der Waals surface area contributed by atoms with Gasteiger partial charge in [-0.1, -0.05) is 6.07 Å². The highest BCUT2D eigenvalue weighted by atomic mass is 35.5. The average molecular weight is 337 g/mol. The number of nitrogens with zero attached hydrogens (tertiary/aromatic N) is 3. The first-order chi connectivity index (χ1) is 10.8. The maximum absolute atomic E-state index is 14.4. The van der Waals surface area contributed by atoms with Gasteiger partial charge in [0.25, 0.3) is 0 Å². The summed E-state index contributed by atoms with van der Waals surface area (Å²) in [5, 5.41) is 3.51. The summed E-state index contributed by atoms with van der Waals surface area (Å²) in [5.74, 6) is -0.184. The van der Waals surface area contributed by atoms with Gasteiger partial charge in [0, 0.05) is 37.6 Å². The van der Waals surface area contributed by atoms with E-state index in [1.165, 1.54) is 19.3 Å². The fourth-order valence-electron chi connectivity index (χ4n) is 3.81. The zero-order valence-electron chi connectivity index (χ0n) is 13.0. The predicted molar refractivity (Wildman–Crippen MR) is 90.6 cm³/mol. The normalized spacial score (nSPS) is 24.2. The van der Waals surface area contributed by atoms with Gasteiger partial charge in [0.2, 0.25) is 0 Å². The first-order valence-electron chi connectivity index (χ1n) is 8.04. The van der Waals surface area contributed by atoms with Crippen LogP contribution in [0.5, 0.6) is 0 Å². The van der Waals surface area contributed by atoms with Crippen molar-refractivity contribution >= 4 is 12.4 Å². The highest BCUT2D eigenvalue weighted by Gasteiger charge is 2.34. The summed E-state index contributed by atoms with van der Waals surface area (Å²) in [6.45, 7) is 3.01. The second-order valence-electron chi connectivity index (χ2n) is 6.31. The number of rotatable bonds is 3. The van der Waals surface area contributed by atoms with Crippen LogP contribution in [-0.4, -0.2) is 39.6 Å². The lowest BCUT2D eigenvalue weighted by Gasteiger charge is -2.27. The Balaban J connectivity index is 0.00000156. The van der Waals surface area contributed by atoms with Crippen molar-refractivity contribution in [3.63, 3.8) is 0 Å². The summed E-state index contributed by atoms with van der Waals surface area (Å²) in [6.07, 6.45) is 8.79. The Kier molecular flexibility index (Phi) is 4.99. The van der Waals surface area contributed by atoms with Gasteiger partial charge in [-0.2, -0.15) is 0 Å². The van der Waals surface area contributed by atoms with Crippen LogP contribution in [0.4, 0.5) is 4.39 Å². The SMILES string of the molecule is Cl.Fc1cc(CN2C3CCNCC2CC3)ccc1-n1ccnc1.